The molecule has 0 radical (unpaired) electrons. The highest BCUT2D eigenvalue weighted by Gasteiger charge is 2.22. The Morgan fingerprint density at radius 3 is 2.87 bits per heavy atom. The van der Waals surface area contributed by atoms with Gasteiger partial charge >= 0.3 is 0 Å². The van der Waals surface area contributed by atoms with Gasteiger partial charge in [0.25, 0.3) is 0 Å². The van der Waals surface area contributed by atoms with Crippen LogP contribution in [0.25, 0.3) is 0 Å². The van der Waals surface area contributed by atoms with Gasteiger partial charge in [0.2, 0.25) is 0 Å². The highest BCUT2D eigenvalue weighted by atomic mass is 15.3. The normalized spacial score (nSPS) is 15.6. The summed E-state index contributed by atoms with van der Waals surface area (Å²) in [5, 5.41) is 7.85. The molecule has 0 unspecified atom stereocenters. The largest absolute Gasteiger partial charge is 0.394 e. The van der Waals surface area contributed by atoms with Crippen molar-refractivity contribution in [3.63, 3.8) is 0 Å². The quantitative estimate of drug-likeness (QED) is 0.778. The fraction of sp³-hybridized carbons (Fsp3) is 0.727. The SMILES string of the molecule is CCCn1nc(C)c(N)c1NCC1CC1. The van der Waals surface area contributed by atoms with Gasteiger partial charge in [-0.25, -0.2) is 4.68 Å². The number of hydrogen-bond donors (Lipinski definition) is 2. The number of nitrogens with one attached hydrogen (secondary N) is 1. The lowest BCUT2D eigenvalue weighted by molar-refractivity contribution is 0.601. The lowest BCUT2D eigenvalue weighted by Crippen LogP contribution is -2.11. The van der Waals surface area contributed by atoms with Gasteiger partial charge in [-0.15, -0.1) is 0 Å². The number of nitrogen functional groups attached to an aromatic ring is 1. The van der Waals surface area contributed by atoms with E-state index in [2.05, 4.69) is 17.3 Å². The summed E-state index contributed by atoms with van der Waals surface area (Å²) in [7, 11) is 0. The summed E-state index contributed by atoms with van der Waals surface area (Å²) in [5.74, 6) is 1.87. The van der Waals surface area contributed by atoms with Crippen molar-refractivity contribution in [1.29, 1.82) is 0 Å². The molecular weight excluding hydrogens is 188 g/mol. The first-order valence-corrected chi connectivity index (χ1v) is 5.79. The van der Waals surface area contributed by atoms with Crippen LogP contribution in [0.5, 0.6) is 0 Å². The monoisotopic (exact) mass is 208 g/mol. The summed E-state index contributed by atoms with van der Waals surface area (Å²) in [6, 6.07) is 0. The fourth-order valence-corrected chi connectivity index (χ4v) is 1.72. The second kappa shape index (κ2) is 4.13. The number of nitrogens with zero attached hydrogens (tertiary/aromatic N) is 2. The Morgan fingerprint density at radius 1 is 1.53 bits per heavy atom. The molecule has 1 aromatic heterocycles. The van der Waals surface area contributed by atoms with E-state index >= 15 is 0 Å². The van der Waals surface area contributed by atoms with Crippen LogP contribution in [0.4, 0.5) is 11.5 Å². The first-order valence-electron chi connectivity index (χ1n) is 5.79. The van der Waals surface area contributed by atoms with Gasteiger partial charge < -0.3 is 11.1 Å². The molecule has 0 saturated heterocycles. The molecule has 0 aromatic carbocycles. The number of aromatic nitrogens is 2. The van der Waals surface area contributed by atoms with E-state index in [1.54, 1.807) is 0 Å². The molecule has 1 aliphatic carbocycles. The van der Waals surface area contributed by atoms with Gasteiger partial charge in [-0.2, -0.15) is 5.10 Å². The van der Waals surface area contributed by atoms with Crippen molar-refractivity contribution >= 4 is 11.5 Å². The first kappa shape index (κ1) is 10.3. The molecule has 0 amide bonds. The second-order valence-electron chi connectivity index (χ2n) is 4.40. The standard InChI is InChI=1S/C11H20N4/c1-3-6-15-11(10(12)8(2)14-15)13-7-9-4-5-9/h9,13H,3-7,12H2,1-2H3. The predicted octanol–water partition coefficient (Wildman–Crippen LogP) is 2.01. The van der Waals surface area contributed by atoms with Crippen molar-refractivity contribution in [1.82, 2.24) is 9.78 Å². The molecule has 4 heteroatoms. The van der Waals surface area contributed by atoms with Gasteiger partial charge in [0, 0.05) is 13.1 Å². The third-order valence-corrected chi connectivity index (χ3v) is 2.86. The molecule has 0 aliphatic heterocycles. The Balaban J connectivity index is 2.09. The van der Waals surface area contributed by atoms with Gasteiger partial charge in [-0.3, -0.25) is 0 Å². The van der Waals surface area contributed by atoms with Crippen LogP contribution < -0.4 is 11.1 Å². The topological polar surface area (TPSA) is 55.9 Å². The summed E-state index contributed by atoms with van der Waals surface area (Å²) in [5.41, 5.74) is 7.74. The number of anilines is 2. The Bertz CT molecular complexity index is 339. The van der Waals surface area contributed by atoms with E-state index in [-0.39, 0.29) is 0 Å². The van der Waals surface area contributed by atoms with Crippen LogP contribution in [-0.4, -0.2) is 16.3 Å². The second-order valence-corrected chi connectivity index (χ2v) is 4.40. The van der Waals surface area contributed by atoms with Gasteiger partial charge in [0.05, 0.1) is 11.4 Å². The van der Waals surface area contributed by atoms with Crippen LogP contribution in [0.15, 0.2) is 0 Å². The van der Waals surface area contributed by atoms with Crippen molar-refractivity contribution in [3.8, 4) is 0 Å². The minimum Gasteiger partial charge on any atom is -0.394 e. The van der Waals surface area contributed by atoms with E-state index in [0.717, 1.165) is 42.6 Å². The number of aryl methyl sites for hydroxylation is 2. The van der Waals surface area contributed by atoms with E-state index < -0.39 is 0 Å². The lowest BCUT2D eigenvalue weighted by Gasteiger charge is -2.09. The van der Waals surface area contributed by atoms with Crippen molar-refractivity contribution in [2.24, 2.45) is 5.92 Å². The van der Waals surface area contributed by atoms with E-state index in [1.807, 2.05) is 11.6 Å². The number of hydrogen-bond acceptors (Lipinski definition) is 3. The third-order valence-electron chi connectivity index (χ3n) is 2.86. The Morgan fingerprint density at radius 2 is 2.27 bits per heavy atom. The third kappa shape index (κ3) is 2.25. The average molecular weight is 208 g/mol. The van der Waals surface area contributed by atoms with Crippen LogP contribution >= 0.6 is 0 Å². The first-order chi connectivity index (χ1) is 7.22. The minimum atomic E-state index is 0.809. The van der Waals surface area contributed by atoms with Gasteiger partial charge in [0.15, 0.2) is 0 Å². The number of rotatable bonds is 5. The summed E-state index contributed by atoms with van der Waals surface area (Å²) in [6.07, 6.45) is 3.79. The fourth-order valence-electron chi connectivity index (χ4n) is 1.72. The van der Waals surface area contributed by atoms with E-state index in [1.165, 1.54) is 12.8 Å². The van der Waals surface area contributed by atoms with Crippen LogP contribution in [0.1, 0.15) is 31.9 Å². The molecule has 1 heterocycles. The molecule has 15 heavy (non-hydrogen) atoms. The maximum Gasteiger partial charge on any atom is 0.148 e. The van der Waals surface area contributed by atoms with Crippen molar-refractivity contribution < 1.29 is 0 Å². The highest BCUT2D eigenvalue weighted by molar-refractivity contribution is 5.64. The molecule has 0 bridgehead atoms. The molecule has 4 nitrogen and oxygen atoms in total. The highest BCUT2D eigenvalue weighted by Crippen LogP contribution is 2.30. The number of nitrogens with two attached hydrogens (primary N) is 1. The summed E-state index contributed by atoms with van der Waals surface area (Å²) < 4.78 is 1.99. The van der Waals surface area contributed by atoms with Crippen molar-refractivity contribution in [3.05, 3.63) is 5.69 Å². The summed E-state index contributed by atoms with van der Waals surface area (Å²) in [6.45, 7) is 6.09. The van der Waals surface area contributed by atoms with Crippen LogP contribution in [0.3, 0.4) is 0 Å². The molecule has 3 N–H and O–H groups in total. The maximum absolute atomic E-state index is 5.99. The molecule has 1 aromatic rings. The van der Waals surface area contributed by atoms with Crippen LogP contribution in [0, 0.1) is 12.8 Å². The lowest BCUT2D eigenvalue weighted by atomic mass is 10.3. The molecule has 1 saturated carbocycles. The average Bonchev–Trinajstić information content (AvgIpc) is 2.97. The van der Waals surface area contributed by atoms with Gasteiger partial charge in [0.1, 0.15) is 5.82 Å². The maximum atomic E-state index is 5.99. The molecular formula is C11H20N4. The van der Waals surface area contributed by atoms with Crippen molar-refractivity contribution in [2.75, 3.05) is 17.6 Å². The molecule has 0 spiro atoms. The van der Waals surface area contributed by atoms with E-state index in [0.29, 0.717) is 0 Å². The summed E-state index contributed by atoms with van der Waals surface area (Å²) in [4.78, 5) is 0. The van der Waals surface area contributed by atoms with Crippen LogP contribution in [-0.2, 0) is 6.54 Å². The van der Waals surface area contributed by atoms with Gasteiger partial charge in [-0.1, -0.05) is 6.92 Å². The Labute approximate surface area is 90.8 Å². The van der Waals surface area contributed by atoms with Gasteiger partial charge in [-0.05, 0) is 32.1 Å². The van der Waals surface area contributed by atoms with Crippen LogP contribution in [0.2, 0.25) is 0 Å². The smallest absolute Gasteiger partial charge is 0.148 e. The van der Waals surface area contributed by atoms with Crippen molar-refractivity contribution in [2.45, 2.75) is 39.7 Å². The Hall–Kier alpha value is -1.19. The molecule has 0 atom stereocenters. The summed E-state index contributed by atoms with van der Waals surface area (Å²) >= 11 is 0. The minimum absolute atomic E-state index is 0.809. The van der Waals surface area contributed by atoms with E-state index in [9.17, 15) is 0 Å². The predicted molar refractivity (Wildman–Crippen MR) is 62.9 cm³/mol. The zero-order valence-corrected chi connectivity index (χ0v) is 9.58. The molecule has 1 aliphatic rings. The molecule has 1 fully saturated rings. The van der Waals surface area contributed by atoms with E-state index in [4.69, 9.17) is 5.73 Å². The zero-order chi connectivity index (χ0) is 10.8. The molecule has 84 valence electrons. The Kier molecular flexibility index (Phi) is 2.84. The zero-order valence-electron chi connectivity index (χ0n) is 9.58. The molecule has 2 rings (SSSR count).